The summed E-state index contributed by atoms with van der Waals surface area (Å²) in [6, 6.07) is 12.0. The van der Waals surface area contributed by atoms with Crippen molar-refractivity contribution in [2.45, 2.75) is 62.9 Å². The molecule has 1 spiro atoms. The summed E-state index contributed by atoms with van der Waals surface area (Å²) in [5.74, 6) is -3.79. The highest BCUT2D eigenvalue weighted by molar-refractivity contribution is 6.34. The van der Waals surface area contributed by atoms with E-state index < -0.39 is 65.4 Å². The number of nitrogens with zero attached hydrogens (tertiary/aromatic N) is 2. The third-order valence-electron chi connectivity index (χ3n) is 9.54. The zero-order valence-electron chi connectivity index (χ0n) is 25.8. The van der Waals surface area contributed by atoms with E-state index in [-0.39, 0.29) is 26.2 Å². The van der Waals surface area contributed by atoms with E-state index in [2.05, 4.69) is 5.32 Å². The lowest BCUT2D eigenvalue weighted by Crippen LogP contribution is -2.58. The number of rotatable bonds is 5. The average Bonchev–Trinajstić information content (AvgIpc) is 3.44. The molecule has 0 radical (unpaired) electrons. The highest BCUT2D eigenvalue weighted by atomic mass is 35.5. The summed E-state index contributed by atoms with van der Waals surface area (Å²) in [5, 5.41) is 13.8. The van der Waals surface area contributed by atoms with E-state index in [0.717, 1.165) is 11.1 Å². The van der Waals surface area contributed by atoms with E-state index in [4.69, 9.17) is 21.1 Å². The van der Waals surface area contributed by atoms with Crippen LogP contribution in [-0.4, -0.2) is 77.2 Å². The number of hydrogen-bond donors (Lipinski definition) is 2. The summed E-state index contributed by atoms with van der Waals surface area (Å²) < 4.78 is 12.3. The molecule has 2 saturated heterocycles. The molecule has 0 unspecified atom stereocenters. The fraction of sp³-hybridized carbons (Fsp3) is 0.429. The predicted octanol–water partition coefficient (Wildman–Crippen LogP) is 3.65. The third kappa shape index (κ3) is 5.42. The number of esters is 1. The number of amides is 3. The molecule has 0 saturated carbocycles. The summed E-state index contributed by atoms with van der Waals surface area (Å²) in [7, 11) is 0. The van der Waals surface area contributed by atoms with E-state index in [1.807, 2.05) is 50.2 Å². The molecule has 4 heterocycles. The maximum atomic E-state index is 14.8. The predicted molar refractivity (Wildman–Crippen MR) is 171 cm³/mol. The van der Waals surface area contributed by atoms with Crippen molar-refractivity contribution in [2.24, 2.45) is 11.8 Å². The van der Waals surface area contributed by atoms with Crippen LogP contribution in [-0.2, 0) is 28.7 Å². The highest BCUT2D eigenvalue weighted by Crippen LogP contribution is 2.54. The van der Waals surface area contributed by atoms with Gasteiger partial charge in [0.05, 0.1) is 47.3 Å². The van der Waals surface area contributed by atoms with Gasteiger partial charge in [-0.15, -0.1) is 0 Å². The Kier molecular flexibility index (Phi) is 9.05. The Morgan fingerprint density at radius 2 is 1.85 bits per heavy atom. The number of para-hydroxylation sites is 1. The first-order valence-electron chi connectivity index (χ1n) is 15.7. The number of benzene rings is 2. The fourth-order valence-electron chi connectivity index (χ4n) is 7.35. The summed E-state index contributed by atoms with van der Waals surface area (Å²) in [6.07, 6.45) is 6.99. The van der Waals surface area contributed by atoms with Gasteiger partial charge in [-0.1, -0.05) is 85.3 Å². The molecule has 0 aromatic heterocycles. The zero-order valence-corrected chi connectivity index (χ0v) is 26.6. The lowest BCUT2D eigenvalue weighted by Gasteiger charge is -2.38. The van der Waals surface area contributed by atoms with Crippen molar-refractivity contribution < 1.29 is 33.8 Å². The molecule has 11 heteroatoms. The first-order chi connectivity index (χ1) is 22.2. The van der Waals surface area contributed by atoms with Gasteiger partial charge in [0, 0.05) is 13.0 Å². The second-order valence-electron chi connectivity index (χ2n) is 12.2. The van der Waals surface area contributed by atoms with Crippen LogP contribution >= 0.6 is 11.6 Å². The minimum absolute atomic E-state index is 0.0813. The SMILES string of the molecule is CC[C@@H](CO)N1C(=O)[C@@H]2[C@H]3C(=O)N[C@H](c4ccccc4)COC(=O)CC/C=C\[C@H]3O[C@@]23C=CCN(c2c(C)cccc2Cl)C(=O)[C@@H]13. The molecule has 242 valence electrons. The van der Waals surface area contributed by atoms with Gasteiger partial charge in [-0.25, -0.2) is 0 Å². The van der Waals surface area contributed by atoms with Gasteiger partial charge in [-0.2, -0.15) is 0 Å². The van der Waals surface area contributed by atoms with Crippen molar-refractivity contribution in [2.75, 3.05) is 24.7 Å². The van der Waals surface area contributed by atoms with Crippen molar-refractivity contribution in [1.82, 2.24) is 10.2 Å². The molecule has 0 aliphatic carbocycles. The molecular weight excluding hydrogens is 610 g/mol. The summed E-state index contributed by atoms with van der Waals surface area (Å²) in [6.45, 7) is 3.41. The minimum Gasteiger partial charge on any atom is -0.463 e. The maximum absolute atomic E-state index is 14.8. The van der Waals surface area contributed by atoms with Crippen molar-refractivity contribution in [1.29, 1.82) is 0 Å². The van der Waals surface area contributed by atoms with Crippen LogP contribution in [0.3, 0.4) is 0 Å². The third-order valence-corrected chi connectivity index (χ3v) is 9.84. The van der Waals surface area contributed by atoms with Gasteiger partial charge in [-0.05, 0) is 37.0 Å². The van der Waals surface area contributed by atoms with Crippen LogP contribution in [0.25, 0.3) is 0 Å². The molecule has 2 N–H and O–H groups in total. The van der Waals surface area contributed by atoms with E-state index >= 15 is 0 Å². The first-order valence-corrected chi connectivity index (χ1v) is 16.1. The number of hydrogen-bond acceptors (Lipinski definition) is 7. The first kappa shape index (κ1) is 32.0. The minimum atomic E-state index is -1.51. The Bertz CT molecular complexity index is 1550. The Morgan fingerprint density at radius 1 is 1.07 bits per heavy atom. The van der Waals surface area contributed by atoms with Crippen molar-refractivity contribution >= 4 is 41.0 Å². The molecule has 2 fully saturated rings. The topological polar surface area (TPSA) is 125 Å². The van der Waals surface area contributed by atoms with E-state index in [1.54, 1.807) is 41.3 Å². The summed E-state index contributed by atoms with van der Waals surface area (Å²) in [5.41, 5.74) is 0.542. The molecule has 6 rings (SSSR count). The Morgan fingerprint density at radius 3 is 2.57 bits per heavy atom. The second-order valence-corrected chi connectivity index (χ2v) is 12.6. The van der Waals surface area contributed by atoms with Crippen molar-refractivity contribution in [3.8, 4) is 0 Å². The van der Waals surface area contributed by atoms with Crippen LogP contribution in [0.1, 0.15) is 43.4 Å². The maximum Gasteiger partial charge on any atom is 0.306 e. The quantitative estimate of drug-likeness (QED) is 0.375. The van der Waals surface area contributed by atoms with Crippen molar-refractivity contribution in [3.05, 3.63) is 89.0 Å². The number of carbonyl (C=O) groups is 4. The lowest BCUT2D eigenvalue weighted by atomic mass is 9.77. The normalized spacial score (nSPS) is 31.1. The van der Waals surface area contributed by atoms with Gasteiger partial charge < -0.3 is 29.7 Å². The molecule has 2 aromatic carbocycles. The monoisotopic (exact) mass is 647 g/mol. The highest BCUT2D eigenvalue weighted by Gasteiger charge is 2.72. The summed E-state index contributed by atoms with van der Waals surface area (Å²) in [4.78, 5) is 59.2. The number of anilines is 1. The number of allylic oxidation sites excluding steroid dienone is 1. The number of ether oxygens (including phenoxy) is 2. The summed E-state index contributed by atoms with van der Waals surface area (Å²) >= 11 is 6.64. The van der Waals surface area contributed by atoms with Gasteiger partial charge >= 0.3 is 5.97 Å². The average molecular weight is 648 g/mol. The number of fused-ring (bicyclic) bond motifs is 2. The van der Waals surface area contributed by atoms with Gasteiger partial charge in [0.1, 0.15) is 18.2 Å². The van der Waals surface area contributed by atoms with Crippen LogP contribution in [0.15, 0.2) is 72.8 Å². The smallest absolute Gasteiger partial charge is 0.306 e. The van der Waals surface area contributed by atoms with Crippen LogP contribution in [0.5, 0.6) is 0 Å². The molecule has 46 heavy (non-hydrogen) atoms. The van der Waals surface area contributed by atoms with Crippen molar-refractivity contribution in [3.63, 3.8) is 0 Å². The van der Waals surface area contributed by atoms with Gasteiger partial charge in [0.2, 0.25) is 11.8 Å². The lowest BCUT2D eigenvalue weighted by molar-refractivity contribution is -0.146. The molecule has 4 aliphatic heterocycles. The number of aliphatic hydroxyl groups excluding tert-OH is 1. The van der Waals surface area contributed by atoms with Crippen LogP contribution in [0.2, 0.25) is 5.02 Å². The van der Waals surface area contributed by atoms with Crippen LogP contribution < -0.4 is 10.2 Å². The largest absolute Gasteiger partial charge is 0.463 e. The number of aliphatic hydroxyl groups is 1. The Hall–Kier alpha value is -3.99. The van der Waals surface area contributed by atoms with Gasteiger partial charge in [0.15, 0.2) is 0 Å². The zero-order chi connectivity index (χ0) is 32.6. The number of nitrogens with one attached hydrogen (secondary N) is 1. The second kappa shape index (κ2) is 13.0. The molecule has 4 aliphatic rings. The molecular formula is C35H38ClN3O7. The Labute approximate surface area is 273 Å². The van der Waals surface area contributed by atoms with Crippen LogP contribution in [0, 0.1) is 18.8 Å². The van der Waals surface area contributed by atoms with E-state index in [9.17, 15) is 24.3 Å². The molecule has 0 bridgehead atoms. The van der Waals surface area contributed by atoms with E-state index in [1.165, 1.54) is 4.90 Å². The van der Waals surface area contributed by atoms with E-state index in [0.29, 0.717) is 23.6 Å². The molecule has 7 atom stereocenters. The molecule has 2 aromatic rings. The standard InChI is InChI=1S/C35H38ClN3O7/c1-3-23(19-40)39-31-34(44)38(30-21(2)11-9-14-24(30)36)18-10-17-35(31)29(33(39)43)28-26(46-35)15-7-8-16-27(41)45-20-25(37-32(28)42)22-12-5-4-6-13-22/h4-7,9-15,17,23,25-26,28-29,31,40H,3,8,16,18-20H2,1-2H3,(H,37,42)/b15-7-/t23-,25-,26+,28-,29-,31+,35-/m0/s1. The molecule has 10 nitrogen and oxygen atoms in total. The number of likely N-dealkylation sites (tertiary alicyclic amines) is 1. The number of aryl methyl sites for hydroxylation is 1. The fourth-order valence-corrected chi connectivity index (χ4v) is 7.67. The molecule has 3 amide bonds. The van der Waals surface area contributed by atoms with Crippen LogP contribution in [0.4, 0.5) is 5.69 Å². The van der Waals surface area contributed by atoms with Gasteiger partial charge in [-0.3, -0.25) is 19.2 Å². The number of halogens is 1. The number of cyclic esters (lactones) is 1. The number of carbonyl (C=O) groups excluding carboxylic acids is 4. The van der Waals surface area contributed by atoms with Gasteiger partial charge in [0.25, 0.3) is 5.91 Å². The Balaban J connectivity index is 1.47.